The van der Waals surface area contributed by atoms with Crippen LogP contribution in [0.5, 0.6) is 0 Å². The van der Waals surface area contributed by atoms with Crippen molar-refractivity contribution in [1.29, 1.82) is 0 Å². The number of aryl methyl sites for hydroxylation is 1. The van der Waals surface area contributed by atoms with Gasteiger partial charge in [0, 0.05) is 15.5 Å². The number of sulfonamides is 1. The van der Waals surface area contributed by atoms with E-state index in [4.69, 9.17) is 0 Å². The van der Waals surface area contributed by atoms with Gasteiger partial charge < -0.3 is 5.32 Å². The van der Waals surface area contributed by atoms with Crippen LogP contribution in [-0.2, 0) is 10.0 Å². The summed E-state index contributed by atoms with van der Waals surface area (Å²) in [4.78, 5) is 0.204. The molecular formula is C18H18Br2N2O2S. The summed E-state index contributed by atoms with van der Waals surface area (Å²) in [5, 5.41) is 3.04. The largest absolute Gasteiger partial charge is 0.367 e. The van der Waals surface area contributed by atoms with E-state index in [2.05, 4.69) is 48.5 Å². The maximum Gasteiger partial charge on any atom is 0.262 e. The first-order valence-electron chi connectivity index (χ1n) is 7.41. The Kier molecular flexibility index (Phi) is 6.87. The molecule has 0 unspecified atom stereocenters. The van der Waals surface area contributed by atoms with Crippen molar-refractivity contribution in [2.45, 2.75) is 11.8 Å². The summed E-state index contributed by atoms with van der Waals surface area (Å²) in [7, 11) is -3.70. The minimum Gasteiger partial charge on any atom is -0.367 e. The average molecular weight is 486 g/mol. The summed E-state index contributed by atoms with van der Waals surface area (Å²) in [5.74, 6) is 0.355. The summed E-state index contributed by atoms with van der Waals surface area (Å²) < 4.78 is 29.4. The molecule has 132 valence electrons. The number of hydrogen-bond donors (Lipinski definition) is 2. The van der Waals surface area contributed by atoms with Gasteiger partial charge in [-0.25, -0.2) is 8.42 Å². The summed E-state index contributed by atoms with van der Waals surface area (Å²) in [5.41, 5.74) is 1.84. The van der Waals surface area contributed by atoms with E-state index < -0.39 is 10.0 Å². The zero-order chi connectivity index (χ0) is 18.4. The molecule has 25 heavy (non-hydrogen) atoms. The second-order valence-electron chi connectivity index (χ2n) is 5.37. The van der Waals surface area contributed by atoms with Gasteiger partial charge in [-0.05, 0) is 36.8 Å². The van der Waals surface area contributed by atoms with Gasteiger partial charge in [-0.1, -0.05) is 74.3 Å². The van der Waals surface area contributed by atoms with Gasteiger partial charge in [-0.15, -0.1) is 0 Å². The van der Waals surface area contributed by atoms with E-state index in [1.54, 1.807) is 30.3 Å². The van der Waals surface area contributed by atoms with Crippen LogP contribution in [0.25, 0.3) is 6.08 Å². The lowest BCUT2D eigenvalue weighted by Gasteiger charge is -2.14. The van der Waals surface area contributed by atoms with Crippen molar-refractivity contribution in [3.8, 4) is 0 Å². The predicted molar refractivity (Wildman–Crippen MR) is 110 cm³/mol. The normalized spacial score (nSPS) is 11.9. The molecule has 0 amide bonds. The molecule has 0 heterocycles. The Balaban J connectivity index is 2.34. The molecule has 2 aromatic carbocycles. The highest BCUT2D eigenvalue weighted by molar-refractivity contribution is 9.11. The Morgan fingerprint density at radius 2 is 1.80 bits per heavy atom. The maximum atomic E-state index is 12.6. The van der Waals surface area contributed by atoms with Crippen molar-refractivity contribution in [2.75, 3.05) is 6.54 Å². The van der Waals surface area contributed by atoms with Gasteiger partial charge in [0.25, 0.3) is 10.0 Å². The van der Waals surface area contributed by atoms with Gasteiger partial charge in [0.1, 0.15) is 5.82 Å². The van der Waals surface area contributed by atoms with E-state index in [0.717, 1.165) is 15.6 Å². The molecular weight excluding hydrogens is 468 g/mol. The fourth-order valence-corrected chi connectivity index (χ4v) is 3.55. The van der Waals surface area contributed by atoms with Crippen molar-refractivity contribution >= 4 is 48.0 Å². The van der Waals surface area contributed by atoms with Crippen LogP contribution >= 0.6 is 31.9 Å². The van der Waals surface area contributed by atoms with Crippen molar-refractivity contribution in [3.63, 3.8) is 0 Å². The molecule has 0 aliphatic heterocycles. The molecule has 0 atom stereocenters. The highest BCUT2D eigenvalue weighted by atomic mass is 79.9. The molecule has 0 bridgehead atoms. The van der Waals surface area contributed by atoms with Crippen LogP contribution in [0.1, 0.15) is 11.1 Å². The monoisotopic (exact) mass is 484 g/mol. The van der Waals surface area contributed by atoms with Gasteiger partial charge in [0.2, 0.25) is 0 Å². The molecule has 0 aliphatic carbocycles. The fourth-order valence-electron chi connectivity index (χ4n) is 1.98. The van der Waals surface area contributed by atoms with E-state index in [9.17, 15) is 8.42 Å². The molecule has 4 nitrogen and oxygen atoms in total. The fraction of sp³-hybridized carbons (Fsp3) is 0.111. The molecule has 2 N–H and O–H groups in total. The summed E-state index contributed by atoms with van der Waals surface area (Å²) in [6.07, 6.45) is 1.73. The minimum absolute atomic E-state index is 0.204. The second-order valence-corrected chi connectivity index (χ2v) is 9.03. The Morgan fingerprint density at radius 3 is 2.40 bits per heavy atom. The van der Waals surface area contributed by atoms with E-state index in [-0.39, 0.29) is 4.90 Å². The van der Waals surface area contributed by atoms with Crippen molar-refractivity contribution < 1.29 is 8.42 Å². The maximum absolute atomic E-state index is 12.6. The van der Waals surface area contributed by atoms with E-state index in [1.807, 2.05) is 31.2 Å². The van der Waals surface area contributed by atoms with Crippen LogP contribution in [0, 0.1) is 6.92 Å². The molecule has 0 aliphatic rings. The molecule has 0 saturated heterocycles. The Hall–Kier alpha value is -1.57. The van der Waals surface area contributed by atoms with Gasteiger partial charge >= 0.3 is 0 Å². The Labute approximate surface area is 165 Å². The molecule has 0 fully saturated rings. The van der Waals surface area contributed by atoms with Crippen LogP contribution in [0.15, 0.2) is 74.8 Å². The van der Waals surface area contributed by atoms with Crippen LogP contribution in [0.2, 0.25) is 0 Å². The van der Waals surface area contributed by atoms with E-state index in [1.165, 1.54) is 0 Å². The number of hydrogen-bond acceptors (Lipinski definition) is 3. The molecule has 7 heteroatoms. The quantitative estimate of drug-likeness (QED) is 0.605. The molecule has 0 aromatic heterocycles. The third kappa shape index (κ3) is 6.02. The number of halogens is 2. The summed E-state index contributed by atoms with van der Waals surface area (Å²) in [6, 6.07) is 14.2. The van der Waals surface area contributed by atoms with Crippen molar-refractivity contribution in [2.24, 2.45) is 0 Å². The summed E-state index contributed by atoms with van der Waals surface area (Å²) in [6.45, 7) is 6.05. The smallest absolute Gasteiger partial charge is 0.262 e. The van der Waals surface area contributed by atoms with Crippen molar-refractivity contribution in [1.82, 2.24) is 10.0 Å². The summed E-state index contributed by atoms with van der Waals surface area (Å²) >= 11 is 6.73. The first-order chi connectivity index (χ1) is 11.8. The Bertz CT molecular complexity index is 892. The molecule has 2 aromatic rings. The van der Waals surface area contributed by atoms with Gasteiger partial charge in [0.15, 0.2) is 0 Å². The topological polar surface area (TPSA) is 58.2 Å². The van der Waals surface area contributed by atoms with Gasteiger partial charge in [-0.2, -0.15) is 0 Å². The minimum atomic E-state index is -3.70. The molecule has 0 saturated carbocycles. The predicted octanol–water partition coefficient (Wildman–Crippen LogP) is 4.53. The third-order valence-corrected chi connectivity index (χ3v) is 5.64. The van der Waals surface area contributed by atoms with Crippen LogP contribution < -0.4 is 10.0 Å². The van der Waals surface area contributed by atoms with Crippen LogP contribution in [0.3, 0.4) is 0 Å². The first-order valence-corrected chi connectivity index (χ1v) is 10.5. The lowest BCUT2D eigenvalue weighted by atomic mass is 10.2. The van der Waals surface area contributed by atoms with Crippen molar-refractivity contribution in [3.05, 3.63) is 81.0 Å². The third-order valence-electron chi connectivity index (χ3n) is 3.25. The zero-order valence-corrected chi connectivity index (χ0v) is 17.6. The number of benzene rings is 2. The Morgan fingerprint density at radius 1 is 1.16 bits per heavy atom. The van der Waals surface area contributed by atoms with Gasteiger partial charge in [-0.3, -0.25) is 4.72 Å². The van der Waals surface area contributed by atoms with Gasteiger partial charge in [0.05, 0.1) is 4.90 Å². The number of rotatable bonds is 7. The average Bonchev–Trinajstić information content (AvgIpc) is 2.55. The molecule has 2 rings (SSSR count). The van der Waals surface area contributed by atoms with E-state index in [0.29, 0.717) is 16.8 Å². The molecule has 0 spiro atoms. The number of nitrogens with one attached hydrogen (secondary N) is 2. The zero-order valence-electron chi connectivity index (χ0n) is 13.6. The highest BCUT2D eigenvalue weighted by Crippen LogP contribution is 2.19. The lowest BCUT2D eigenvalue weighted by molar-refractivity contribution is 0.586. The van der Waals surface area contributed by atoms with Crippen LogP contribution in [0.4, 0.5) is 0 Å². The van der Waals surface area contributed by atoms with Crippen LogP contribution in [-0.4, -0.2) is 15.0 Å². The van der Waals surface area contributed by atoms with E-state index >= 15 is 0 Å². The highest BCUT2D eigenvalue weighted by Gasteiger charge is 2.15. The second kappa shape index (κ2) is 8.69. The standard InChI is InChI=1S/C18H18Br2N2O2S/c1-13-7-9-16(10-8-13)25(23,24)22-18(21-12-14(2)19)11-15-5-3-4-6-17(15)20/h3-11,21-22H,2,12H2,1H3/b18-11+. The lowest BCUT2D eigenvalue weighted by Crippen LogP contribution is -2.32. The molecule has 0 radical (unpaired) electrons. The SMILES string of the molecule is C=C(Br)CN/C(=C\c1ccccc1Br)NS(=O)(=O)c1ccc(C)cc1. The first kappa shape index (κ1) is 19.8.